The number of hydrogen-bond acceptors (Lipinski definition) is 9. The van der Waals surface area contributed by atoms with E-state index in [4.69, 9.17) is 14.8 Å². The van der Waals surface area contributed by atoms with Crippen molar-refractivity contribution in [2.45, 2.75) is 38.8 Å². The van der Waals surface area contributed by atoms with Gasteiger partial charge >= 0.3 is 13.7 Å². The van der Waals surface area contributed by atoms with Gasteiger partial charge in [-0.2, -0.15) is 14.4 Å². The first-order valence-electron chi connectivity index (χ1n) is 10.6. The molecule has 0 heterocycles. The molecule has 1 aromatic rings. The summed E-state index contributed by atoms with van der Waals surface area (Å²) in [4.78, 5) is 46.2. The van der Waals surface area contributed by atoms with Gasteiger partial charge in [0.25, 0.3) is 5.91 Å². The van der Waals surface area contributed by atoms with Crippen LogP contribution in [-0.2, 0) is 28.2 Å². The number of ether oxygens (including phenoxy) is 1. The molecule has 12 nitrogen and oxygen atoms in total. The van der Waals surface area contributed by atoms with Gasteiger partial charge in [0.2, 0.25) is 12.2 Å². The Balaban J connectivity index is 3.08. The Morgan fingerprint density at radius 2 is 1.97 bits per heavy atom. The van der Waals surface area contributed by atoms with Crippen LogP contribution in [0.1, 0.15) is 26.7 Å². The summed E-state index contributed by atoms with van der Waals surface area (Å²) in [6.45, 7) is 2.48. The third-order valence-corrected chi connectivity index (χ3v) is 6.45. The number of nitroso groups, excluding NO2 is 1. The normalized spacial score (nSPS) is 15.7. The molecule has 14 heteroatoms. The van der Waals surface area contributed by atoms with Crippen molar-refractivity contribution in [3.8, 4) is 5.75 Å². The first kappa shape index (κ1) is 29.9. The second-order valence-corrected chi connectivity index (χ2v) is 9.13. The van der Waals surface area contributed by atoms with E-state index in [2.05, 4.69) is 15.0 Å². The number of rotatable bonds is 17. The number of nitrogens with zero attached hydrogens (tertiary/aromatic N) is 2. The summed E-state index contributed by atoms with van der Waals surface area (Å²) in [5.74, 6) is -3.87. The quantitative estimate of drug-likeness (QED) is 0.104. The highest BCUT2D eigenvalue weighted by molar-refractivity contribution is 7.52. The lowest BCUT2D eigenvalue weighted by atomic mass is 9.98. The Morgan fingerprint density at radius 1 is 1.31 bits per heavy atom. The van der Waals surface area contributed by atoms with Gasteiger partial charge < -0.3 is 19.9 Å². The number of nitrogens with two attached hydrogens (primary N) is 1. The first-order valence-corrected chi connectivity index (χ1v) is 12.2. The predicted molar refractivity (Wildman–Crippen MR) is 124 cm³/mol. The monoisotopic (exact) mass is 516 g/mol. The minimum absolute atomic E-state index is 0.0708. The van der Waals surface area contributed by atoms with Crippen LogP contribution in [-0.4, -0.2) is 55.5 Å². The zero-order valence-corrected chi connectivity index (χ0v) is 20.6. The van der Waals surface area contributed by atoms with Gasteiger partial charge in [0.15, 0.2) is 0 Å². The van der Waals surface area contributed by atoms with Crippen molar-refractivity contribution in [1.29, 1.82) is 0 Å². The molecule has 0 bridgehead atoms. The summed E-state index contributed by atoms with van der Waals surface area (Å²) >= 11 is 0. The number of amides is 2. The second kappa shape index (κ2) is 15.0. The van der Waals surface area contributed by atoms with E-state index in [9.17, 15) is 28.2 Å². The maximum atomic E-state index is 13.7. The molecule has 0 spiro atoms. The van der Waals surface area contributed by atoms with E-state index in [-0.39, 0.29) is 25.3 Å². The van der Waals surface area contributed by atoms with E-state index < -0.39 is 43.5 Å². The smallest absolute Gasteiger partial charge is 0.459 e. The van der Waals surface area contributed by atoms with Crippen LogP contribution in [0.5, 0.6) is 5.75 Å². The predicted octanol–water partition coefficient (Wildman–Crippen LogP) is 2.65. The lowest BCUT2D eigenvalue weighted by Crippen LogP contribution is -2.36. The minimum Gasteiger partial charge on any atom is -0.468 e. The molecule has 0 fully saturated rings. The zero-order valence-electron chi connectivity index (χ0n) is 19.7. The van der Waals surface area contributed by atoms with Crippen LogP contribution < -0.4 is 15.3 Å². The summed E-state index contributed by atoms with van der Waals surface area (Å²) in [5, 5.41) is 5.34. The zero-order chi connectivity index (χ0) is 26.4. The fourth-order valence-electron chi connectivity index (χ4n) is 2.98. The number of para-hydroxylation sites is 1. The molecular weight excluding hydrogens is 486 g/mol. The molecule has 35 heavy (non-hydrogen) atoms. The molecule has 1 aromatic carbocycles. The van der Waals surface area contributed by atoms with Crippen molar-refractivity contribution >= 4 is 26.0 Å². The highest BCUT2D eigenvalue weighted by Gasteiger charge is 2.33. The highest BCUT2D eigenvalue weighted by Crippen LogP contribution is 2.45. The Bertz CT molecular complexity index is 933. The molecule has 0 saturated heterocycles. The van der Waals surface area contributed by atoms with Gasteiger partial charge in [0.1, 0.15) is 11.8 Å². The van der Waals surface area contributed by atoms with Crippen molar-refractivity contribution in [2.75, 3.05) is 20.3 Å². The fraction of sp³-hybridized carbons (Fsp3) is 0.476. The summed E-state index contributed by atoms with van der Waals surface area (Å²) in [5.41, 5.74) is 4.87. The molecule has 2 amide bonds. The molecule has 0 radical (unpaired) electrons. The maximum Gasteiger partial charge on any atom is 0.459 e. The summed E-state index contributed by atoms with van der Waals surface area (Å²) in [6, 6.07) is 6.33. The van der Waals surface area contributed by atoms with Crippen molar-refractivity contribution in [3.05, 3.63) is 47.3 Å². The average molecular weight is 516 g/mol. The Morgan fingerprint density at radius 3 is 2.49 bits per heavy atom. The summed E-state index contributed by atoms with van der Waals surface area (Å²) in [6.07, 6.45) is 1.36. The minimum atomic E-state index is -4.17. The molecule has 3 N–H and O–H groups in total. The van der Waals surface area contributed by atoms with Crippen LogP contribution >= 0.6 is 7.75 Å². The van der Waals surface area contributed by atoms with Crippen LogP contribution in [0.2, 0.25) is 0 Å². The molecule has 0 saturated carbocycles. The van der Waals surface area contributed by atoms with Crippen LogP contribution in [0, 0.1) is 10.8 Å². The fourth-order valence-corrected chi connectivity index (χ4v) is 4.55. The number of carbonyl (C=O) groups excluding carboxylic acids is 3. The van der Waals surface area contributed by atoms with E-state index >= 15 is 0 Å². The van der Waals surface area contributed by atoms with Gasteiger partial charge in [0, 0.05) is 18.2 Å². The molecule has 1 rings (SSSR count). The topological polar surface area (TPSA) is 167 Å². The molecular formula is C21H30FN4O8P. The van der Waals surface area contributed by atoms with Crippen LogP contribution in [0.25, 0.3) is 0 Å². The molecule has 0 aliphatic rings. The van der Waals surface area contributed by atoms with E-state index in [1.54, 1.807) is 25.1 Å². The molecule has 0 aromatic heterocycles. The van der Waals surface area contributed by atoms with Crippen molar-refractivity contribution in [1.82, 2.24) is 9.99 Å². The van der Waals surface area contributed by atoms with Gasteiger partial charge in [-0.1, -0.05) is 30.3 Å². The van der Waals surface area contributed by atoms with E-state index in [1.807, 2.05) is 0 Å². The highest BCUT2D eigenvalue weighted by atomic mass is 31.2. The molecule has 0 aliphatic carbocycles. The SMILES string of the molecule is CCC(CC(CN=O)COP(=O)(NC(C)C(=O)OC)Oc1ccccc1)N(C=O)/C=C(/F)C(N)=O. The first-order chi connectivity index (χ1) is 16.6. The number of hydrogen-bond donors (Lipinski definition) is 2. The van der Waals surface area contributed by atoms with Crippen LogP contribution in [0.4, 0.5) is 4.39 Å². The number of methoxy groups -OCH3 is 1. The molecule has 4 atom stereocenters. The maximum absolute atomic E-state index is 13.7. The number of carbonyl (C=O) groups is 3. The number of esters is 1. The number of primary amides is 1. The van der Waals surface area contributed by atoms with E-state index in [0.717, 1.165) is 12.0 Å². The Labute approximate surface area is 202 Å². The van der Waals surface area contributed by atoms with Crippen molar-refractivity contribution in [3.63, 3.8) is 0 Å². The van der Waals surface area contributed by atoms with Crippen molar-refractivity contribution < 1.29 is 37.1 Å². The van der Waals surface area contributed by atoms with Gasteiger partial charge in [-0.15, -0.1) is 0 Å². The third kappa shape index (κ3) is 10.3. The second-order valence-electron chi connectivity index (χ2n) is 7.44. The molecule has 4 unspecified atom stereocenters. The van der Waals surface area contributed by atoms with Gasteiger partial charge in [0.05, 0.1) is 20.3 Å². The third-order valence-electron chi connectivity index (χ3n) is 4.81. The largest absolute Gasteiger partial charge is 0.468 e. The molecule has 194 valence electrons. The Hall–Kier alpha value is -3.15. The summed E-state index contributed by atoms with van der Waals surface area (Å²) in [7, 11) is -3.01. The number of benzene rings is 1. The number of halogens is 1. The van der Waals surface area contributed by atoms with Crippen LogP contribution in [0.3, 0.4) is 0 Å². The Kier molecular flexibility index (Phi) is 12.8. The van der Waals surface area contributed by atoms with Gasteiger partial charge in [-0.3, -0.25) is 18.9 Å². The lowest BCUT2D eigenvalue weighted by molar-refractivity contribution is -0.142. The van der Waals surface area contributed by atoms with Crippen molar-refractivity contribution in [2.24, 2.45) is 16.8 Å². The van der Waals surface area contributed by atoms with Gasteiger partial charge in [-0.05, 0) is 31.9 Å². The molecule has 0 aliphatic heterocycles. The summed E-state index contributed by atoms with van der Waals surface area (Å²) < 4.78 is 42.8. The van der Waals surface area contributed by atoms with E-state index in [1.165, 1.54) is 19.1 Å². The van der Waals surface area contributed by atoms with Crippen LogP contribution in [0.15, 0.2) is 47.5 Å². The lowest BCUT2D eigenvalue weighted by Gasteiger charge is -2.28. The standard InChI is InChI=1S/C21H30FN4O8P/c1-4-17(26(14-27)12-19(22)20(23)28)10-16(11-24-30)13-33-35(31,25-15(2)21(29)32-3)34-18-8-6-5-7-9-18/h5-9,12,14-17H,4,10-11,13H2,1-3H3,(H2,23,28)(H,25,31)/b19-12+. The van der Waals surface area contributed by atoms with Gasteiger partial charge in [-0.25, -0.2) is 4.57 Å². The average Bonchev–Trinajstić information content (AvgIpc) is 2.84. The number of nitrogens with one attached hydrogen (secondary N) is 1. The van der Waals surface area contributed by atoms with E-state index in [0.29, 0.717) is 19.0 Å².